The molecule has 0 aromatic heterocycles. The molecule has 17 heavy (non-hydrogen) atoms. The molecule has 0 saturated carbocycles. The second-order valence-electron chi connectivity index (χ2n) is 3.29. The van der Waals surface area contributed by atoms with Gasteiger partial charge in [-0.3, -0.25) is 9.59 Å². The minimum atomic E-state index is -0.276. The average Bonchev–Trinajstić information content (AvgIpc) is 2.28. The highest BCUT2D eigenvalue weighted by atomic mass is 79.9. The number of rotatable bonds is 5. The molecule has 4 nitrogen and oxygen atoms in total. The van der Waals surface area contributed by atoms with Crippen LogP contribution in [0, 0.1) is 0 Å². The highest BCUT2D eigenvalue weighted by molar-refractivity contribution is 9.10. The normalized spacial score (nSPS) is 9.76. The maximum Gasteiger partial charge on any atom is 0.234 e. The van der Waals surface area contributed by atoms with Gasteiger partial charge in [0.05, 0.1) is 0 Å². The maximum absolute atomic E-state index is 11.5. The van der Waals surface area contributed by atoms with Crippen LogP contribution in [0.4, 0.5) is 5.69 Å². The number of hydrogen-bond donors (Lipinski definition) is 2. The molecular formula is C11H12BrClN2O2. The van der Waals surface area contributed by atoms with Crippen molar-refractivity contribution in [2.75, 3.05) is 17.7 Å². The van der Waals surface area contributed by atoms with Gasteiger partial charge in [0.2, 0.25) is 11.8 Å². The summed E-state index contributed by atoms with van der Waals surface area (Å²) in [7, 11) is 0. The molecule has 0 saturated heterocycles. The molecule has 0 aliphatic carbocycles. The Bertz CT molecular complexity index is 412. The van der Waals surface area contributed by atoms with Crippen molar-refractivity contribution in [2.24, 2.45) is 0 Å². The smallest absolute Gasteiger partial charge is 0.234 e. The van der Waals surface area contributed by atoms with Gasteiger partial charge in [0, 0.05) is 23.1 Å². The van der Waals surface area contributed by atoms with Gasteiger partial charge < -0.3 is 10.6 Å². The highest BCUT2D eigenvalue weighted by Gasteiger charge is 2.03. The molecule has 2 N–H and O–H groups in total. The van der Waals surface area contributed by atoms with E-state index in [1.54, 1.807) is 12.1 Å². The second-order valence-corrected chi connectivity index (χ2v) is 4.48. The summed E-state index contributed by atoms with van der Waals surface area (Å²) in [5.41, 5.74) is 0.716. The van der Waals surface area contributed by atoms with Crippen molar-refractivity contribution in [1.82, 2.24) is 5.32 Å². The first-order chi connectivity index (χ1) is 8.11. The first-order valence-corrected chi connectivity index (χ1v) is 6.32. The van der Waals surface area contributed by atoms with Crippen molar-refractivity contribution in [2.45, 2.75) is 6.42 Å². The highest BCUT2D eigenvalue weighted by Crippen LogP contribution is 2.15. The van der Waals surface area contributed by atoms with Gasteiger partial charge in [-0.05, 0) is 18.2 Å². The van der Waals surface area contributed by atoms with Crippen LogP contribution in [0.5, 0.6) is 0 Å². The molecule has 0 unspecified atom stereocenters. The number of amides is 2. The fraction of sp³-hybridized carbons (Fsp3) is 0.273. The zero-order chi connectivity index (χ0) is 12.7. The third-order valence-electron chi connectivity index (χ3n) is 1.90. The largest absolute Gasteiger partial charge is 0.355 e. The van der Waals surface area contributed by atoms with Gasteiger partial charge in [-0.2, -0.15) is 0 Å². The van der Waals surface area contributed by atoms with Crippen molar-refractivity contribution in [1.29, 1.82) is 0 Å². The SMILES string of the molecule is O=C(CCl)NCCC(=O)Nc1cccc(Br)c1. The number of benzene rings is 1. The number of halogens is 2. The molecule has 1 rings (SSSR count). The Labute approximate surface area is 113 Å². The minimum absolute atomic E-state index is 0.0900. The van der Waals surface area contributed by atoms with Gasteiger partial charge >= 0.3 is 0 Å². The predicted molar refractivity (Wildman–Crippen MR) is 71.1 cm³/mol. The summed E-state index contributed by atoms with van der Waals surface area (Å²) in [5.74, 6) is -0.521. The Hall–Kier alpha value is -1.07. The van der Waals surface area contributed by atoms with Crippen molar-refractivity contribution in [3.8, 4) is 0 Å². The lowest BCUT2D eigenvalue weighted by Gasteiger charge is -2.06. The maximum atomic E-state index is 11.5. The third kappa shape index (κ3) is 5.70. The minimum Gasteiger partial charge on any atom is -0.355 e. The molecule has 92 valence electrons. The zero-order valence-corrected chi connectivity index (χ0v) is 11.3. The average molecular weight is 320 g/mol. The standard InChI is InChI=1S/C11H12BrClN2O2/c12-8-2-1-3-9(6-8)15-10(16)4-5-14-11(17)7-13/h1-3,6H,4-5,7H2,(H,14,17)(H,15,16). The van der Waals surface area contributed by atoms with E-state index >= 15 is 0 Å². The molecule has 0 aliphatic rings. The third-order valence-corrected chi connectivity index (χ3v) is 2.64. The molecule has 1 aromatic rings. The number of alkyl halides is 1. The topological polar surface area (TPSA) is 58.2 Å². The van der Waals surface area contributed by atoms with Crippen LogP contribution in [0.3, 0.4) is 0 Å². The van der Waals surface area contributed by atoms with Crippen LogP contribution >= 0.6 is 27.5 Å². The summed E-state index contributed by atoms with van der Waals surface area (Å²) in [6.07, 6.45) is 0.217. The number of nitrogens with one attached hydrogen (secondary N) is 2. The van der Waals surface area contributed by atoms with Gasteiger partial charge in [-0.25, -0.2) is 0 Å². The van der Waals surface area contributed by atoms with E-state index in [0.717, 1.165) is 4.47 Å². The Morgan fingerprint density at radius 2 is 2.06 bits per heavy atom. The van der Waals surface area contributed by atoms with E-state index in [2.05, 4.69) is 26.6 Å². The van der Waals surface area contributed by atoms with Crippen molar-refractivity contribution in [3.63, 3.8) is 0 Å². The van der Waals surface area contributed by atoms with Crippen molar-refractivity contribution >= 4 is 45.0 Å². The van der Waals surface area contributed by atoms with Crippen LogP contribution in [0.2, 0.25) is 0 Å². The Morgan fingerprint density at radius 3 is 2.71 bits per heavy atom. The molecule has 0 spiro atoms. The number of hydrogen-bond acceptors (Lipinski definition) is 2. The fourth-order valence-corrected chi connectivity index (χ4v) is 1.65. The molecule has 0 bridgehead atoms. The van der Waals surface area contributed by atoms with Crippen molar-refractivity contribution in [3.05, 3.63) is 28.7 Å². The molecule has 0 fully saturated rings. The van der Waals surface area contributed by atoms with Crippen LogP contribution in [0.1, 0.15) is 6.42 Å². The van der Waals surface area contributed by atoms with Crippen LogP contribution in [0.15, 0.2) is 28.7 Å². The Morgan fingerprint density at radius 1 is 1.29 bits per heavy atom. The molecule has 0 heterocycles. The summed E-state index contributed by atoms with van der Waals surface area (Å²) >= 11 is 8.61. The summed E-state index contributed by atoms with van der Waals surface area (Å²) in [6.45, 7) is 0.283. The van der Waals surface area contributed by atoms with Crippen LogP contribution in [0.25, 0.3) is 0 Å². The van der Waals surface area contributed by atoms with E-state index in [1.807, 2.05) is 12.1 Å². The van der Waals surface area contributed by atoms with Crippen LogP contribution < -0.4 is 10.6 Å². The lowest BCUT2D eigenvalue weighted by Crippen LogP contribution is -2.28. The van der Waals surface area contributed by atoms with Gasteiger partial charge in [-0.1, -0.05) is 22.0 Å². The summed E-state index contributed by atoms with van der Waals surface area (Å²) < 4.78 is 0.894. The van der Waals surface area contributed by atoms with E-state index in [0.29, 0.717) is 5.69 Å². The van der Waals surface area contributed by atoms with Crippen LogP contribution in [-0.2, 0) is 9.59 Å². The monoisotopic (exact) mass is 318 g/mol. The number of carbonyl (C=O) groups excluding carboxylic acids is 2. The second kappa shape index (κ2) is 7.29. The van der Waals surface area contributed by atoms with E-state index < -0.39 is 0 Å². The van der Waals surface area contributed by atoms with Gasteiger partial charge in [-0.15, -0.1) is 11.6 Å². The number of carbonyl (C=O) groups is 2. The van der Waals surface area contributed by atoms with Gasteiger partial charge in [0.1, 0.15) is 5.88 Å². The van der Waals surface area contributed by atoms with Gasteiger partial charge in [0.25, 0.3) is 0 Å². The van der Waals surface area contributed by atoms with Crippen LogP contribution in [-0.4, -0.2) is 24.2 Å². The fourth-order valence-electron chi connectivity index (χ4n) is 1.15. The number of anilines is 1. The summed E-state index contributed by atoms with van der Waals surface area (Å²) in [6, 6.07) is 7.29. The first kappa shape index (κ1) is 14.0. The Balaban J connectivity index is 2.32. The molecule has 2 amide bonds. The first-order valence-electron chi connectivity index (χ1n) is 5.00. The van der Waals surface area contributed by atoms with Crippen molar-refractivity contribution < 1.29 is 9.59 Å². The lowest BCUT2D eigenvalue weighted by atomic mass is 10.3. The quantitative estimate of drug-likeness (QED) is 0.817. The molecule has 0 radical (unpaired) electrons. The summed E-state index contributed by atoms with van der Waals surface area (Å²) in [4.78, 5) is 22.3. The molecule has 0 atom stereocenters. The Kier molecular flexibility index (Phi) is 6.00. The summed E-state index contributed by atoms with van der Waals surface area (Å²) in [5, 5.41) is 5.24. The van der Waals surface area contributed by atoms with E-state index in [1.165, 1.54) is 0 Å². The van der Waals surface area contributed by atoms with E-state index in [9.17, 15) is 9.59 Å². The van der Waals surface area contributed by atoms with E-state index in [-0.39, 0.29) is 30.7 Å². The van der Waals surface area contributed by atoms with Gasteiger partial charge in [0.15, 0.2) is 0 Å². The lowest BCUT2D eigenvalue weighted by molar-refractivity contribution is -0.119. The van der Waals surface area contributed by atoms with E-state index in [4.69, 9.17) is 11.6 Å². The predicted octanol–water partition coefficient (Wildman–Crippen LogP) is 2.13. The molecule has 6 heteroatoms. The molecular weight excluding hydrogens is 307 g/mol. The zero-order valence-electron chi connectivity index (χ0n) is 9.00. The molecule has 1 aromatic carbocycles. The molecule has 0 aliphatic heterocycles.